The third-order valence-electron chi connectivity index (χ3n) is 4.04. The number of halogens is 1. The van der Waals surface area contributed by atoms with Gasteiger partial charge in [-0.15, -0.1) is 24.0 Å². The third-order valence-corrected chi connectivity index (χ3v) is 4.04. The van der Waals surface area contributed by atoms with Crippen LogP contribution in [0, 0.1) is 0 Å². The van der Waals surface area contributed by atoms with Crippen molar-refractivity contribution in [2.75, 3.05) is 40.5 Å². The molecule has 6 nitrogen and oxygen atoms in total. The number of methoxy groups -OCH3 is 1. The molecule has 0 spiro atoms. The maximum Gasteiger partial charge on any atom is 0.191 e. The molecule has 7 heteroatoms. The molecule has 0 aromatic heterocycles. The summed E-state index contributed by atoms with van der Waals surface area (Å²) >= 11 is 0. The summed E-state index contributed by atoms with van der Waals surface area (Å²) in [4.78, 5) is 4.24. The number of guanidine groups is 1. The molecule has 2 rings (SSSR count). The number of nitrogens with zero attached hydrogens (tertiary/aromatic N) is 1. The maximum atomic E-state index is 5.82. The van der Waals surface area contributed by atoms with Crippen molar-refractivity contribution in [2.45, 2.75) is 19.6 Å². The van der Waals surface area contributed by atoms with Gasteiger partial charge in [0.05, 0.1) is 13.2 Å². The lowest BCUT2D eigenvalue weighted by Crippen LogP contribution is -2.37. The highest BCUT2D eigenvalue weighted by Gasteiger charge is 2.00. The molecule has 0 saturated heterocycles. The van der Waals surface area contributed by atoms with Crippen molar-refractivity contribution in [1.29, 1.82) is 0 Å². The van der Waals surface area contributed by atoms with Crippen molar-refractivity contribution in [3.8, 4) is 5.75 Å². The van der Waals surface area contributed by atoms with Gasteiger partial charge in [0.2, 0.25) is 0 Å². The van der Waals surface area contributed by atoms with Gasteiger partial charge in [-0.3, -0.25) is 4.99 Å². The van der Waals surface area contributed by atoms with E-state index in [0.717, 1.165) is 35.8 Å². The van der Waals surface area contributed by atoms with Crippen molar-refractivity contribution in [3.05, 3.63) is 65.7 Å². The number of hydrogen-bond donors (Lipinski definition) is 2. The van der Waals surface area contributed by atoms with Crippen LogP contribution in [0.3, 0.4) is 0 Å². The Labute approximate surface area is 191 Å². The molecular formula is C22H32IN3O3. The van der Waals surface area contributed by atoms with Crippen molar-refractivity contribution in [3.63, 3.8) is 0 Å². The fraction of sp³-hybridized carbons (Fsp3) is 0.409. The van der Waals surface area contributed by atoms with Crippen molar-refractivity contribution in [1.82, 2.24) is 10.6 Å². The van der Waals surface area contributed by atoms with Gasteiger partial charge < -0.3 is 24.8 Å². The first-order valence-electron chi connectivity index (χ1n) is 9.58. The van der Waals surface area contributed by atoms with Crippen LogP contribution in [0.5, 0.6) is 5.75 Å². The van der Waals surface area contributed by atoms with Crippen LogP contribution in [-0.2, 0) is 22.6 Å². The average molecular weight is 513 g/mol. The fourth-order valence-corrected chi connectivity index (χ4v) is 2.48. The highest BCUT2D eigenvalue weighted by atomic mass is 127. The minimum Gasteiger partial charge on any atom is -0.489 e. The molecule has 2 aromatic carbocycles. The van der Waals surface area contributed by atoms with Crippen molar-refractivity contribution >= 4 is 29.9 Å². The zero-order chi connectivity index (χ0) is 19.9. The van der Waals surface area contributed by atoms with E-state index < -0.39 is 0 Å². The summed E-state index contributed by atoms with van der Waals surface area (Å²) < 4.78 is 16.2. The highest BCUT2D eigenvalue weighted by Crippen LogP contribution is 2.14. The normalized spacial score (nSPS) is 10.9. The first kappa shape index (κ1) is 25.2. The molecule has 0 aliphatic rings. The van der Waals surface area contributed by atoms with Gasteiger partial charge in [-0.1, -0.05) is 42.5 Å². The summed E-state index contributed by atoms with van der Waals surface area (Å²) in [6.07, 6.45) is 0.915. The second-order valence-corrected chi connectivity index (χ2v) is 6.23. The summed E-state index contributed by atoms with van der Waals surface area (Å²) in [5.74, 6) is 1.64. The van der Waals surface area contributed by atoms with E-state index in [1.165, 1.54) is 0 Å². The second-order valence-electron chi connectivity index (χ2n) is 6.23. The van der Waals surface area contributed by atoms with E-state index in [-0.39, 0.29) is 24.0 Å². The standard InChI is InChI=1S/C22H31N3O3.HI/c1-23-22(24-13-6-14-27-16-15-26-2)25-17-19-9-11-21(12-10-19)28-18-20-7-4-3-5-8-20;/h3-5,7-12H,6,13-18H2,1-2H3,(H2,23,24,25);1H. The summed E-state index contributed by atoms with van der Waals surface area (Å²) in [7, 11) is 3.44. The van der Waals surface area contributed by atoms with Gasteiger partial charge in [0.1, 0.15) is 12.4 Å². The lowest BCUT2D eigenvalue weighted by atomic mass is 10.2. The Balaban J connectivity index is 0.00000420. The van der Waals surface area contributed by atoms with E-state index in [2.05, 4.69) is 39.9 Å². The predicted molar refractivity (Wildman–Crippen MR) is 128 cm³/mol. The molecule has 0 bridgehead atoms. The van der Waals surface area contributed by atoms with Crippen LogP contribution in [0.2, 0.25) is 0 Å². The van der Waals surface area contributed by atoms with E-state index in [9.17, 15) is 0 Å². The number of rotatable bonds is 12. The van der Waals surface area contributed by atoms with Gasteiger partial charge in [0.15, 0.2) is 5.96 Å². The predicted octanol–water partition coefficient (Wildman–Crippen LogP) is 3.60. The van der Waals surface area contributed by atoms with E-state index in [1.807, 2.05) is 30.3 Å². The molecule has 0 saturated carbocycles. The van der Waals surface area contributed by atoms with Crippen LogP contribution in [0.15, 0.2) is 59.6 Å². The molecule has 0 atom stereocenters. The Bertz CT molecular complexity index is 681. The lowest BCUT2D eigenvalue weighted by molar-refractivity contribution is 0.0698. The smallest absolute Gasteiger partial charge is 0.191 e. The minimum absolute atomic E-state index is 0. The number of benzene rings is 2. The molecule has 0 aliphatic carbocycles. The van der Waals surface area contributed by atoms with Crippen LogP contribution >= 0.6 is 24.0 Å². The average Bonchev–Trinajstić information content (AvgIpc) is 2.75. The largest absolute Gasteiger partial charge is 0.489 e. The minimum atomic E-state index is 0. The van der Waals surface area contributed by atoms with Crippen LogP contribution in [0.4, 0.5) is 0 Å². The van der Waals surface area contributed by atoms with Gasteiger partial charge in [-0.05, 0) is 29.7 Å². The molecule has 0 amide bonds. The maximum absolute atomic E-state index is 5.82. The van der Waals surface area contributed by atoms with E-state index in [1.54, 1.807) is 14.2 Å². The monoisotopic (exact) mass is 513 g/mol. The second kappa shape index (κ2) is 16.0. The van der Waals surface area contributed by atoms with E-state index >= 15 is 0 Å². The van der Waals surface area contributed by atoms with Gasteiger partial charge in [-0.25, -0.2) is 0 Å². The van der Waals surface area contributed by atoms with Crippen molar-refractivity contribution in [2.24, 2.45) is 4.99 Å². The Morgan fingerprint density at radius 3 is 2.34 bits per heavy atom. The first-order valence-corrected chi connectivity index (χ1v) is 9.58. The summed E-state index contributed by atoms with van der Waals surface area (Å²) in [5.41, 5.74) is 2.32. The molecule has 2 N–H and O–H groups in total. The van der Waals surface area contributed by atoms with E-state index in [4.69, 9.17) is 14.2 Å². The lowest BCUT2D eigenvalue weighted by Gasteiger charge is -2.12. The van der Waals surface area contributed by atoms with Crippen LogP contribution < -0.4 is 15.4 Å². The Hall–Kier alpha value is -1.84. The van der Waals surface area contributed by atoms with Gasteiger partial charge in [0, 0.05) is 33.9 Å². The summed E-state index contributed by atoms with van der Waals surface area (Å²) in [6, 6.07) is 18.3. The van der Waals surface area contributed by atoms with Crippen LogP contribution in [0.25, 0.3) is 0 Å². The van der Waals surface area contributed by atoms with Crippen LogP contribution in [0.1, 0.15) is 17.5 Å². The molecule has 0 unspecified atom stereocenters. The first-order chi connectivity index (χ1) is 13.8. The molecule has 29 heavy (non-hydrogen) atoms. The van der Waals surface area contributed by atoms with Crippen molar-refractivity contribution < 1.29 is 14.2 Å². The quantitative estimate of drug-likeness (QED) is 0.197. The zero-order valence-electron chi connectivity index (χ0n) is 17.2. The Kier molecular flexibility index (Phi) is 13.9. The highest BCUT2D eigenvalue weighted by molar-refractivity contribution is 14.0. The van der Waals surface area contributed by atoms with Gasteiger partial charge in [-0.2, -0.15) is 0 Å². The third kappa shape index (κ3) is 11.1. The SMILES string of the molecule is CN=C(NCCCOCCOC)NCc1ccc(OCc2ccccc2)cc1.I. The fourth-order valence-electron chi connectivity index (χ4n) is 2.48. The Morgan fingerprint density at radius 1 is 0.897 bits per heavy atom. The number of nitrogens with one attached hydrogen (secondary N) is 2. The Morgan fingerprint density at radius 2 is 1.66 bits per heavy atom. The van der Waals surface area contributed by atoms with Gasteiger partial charge in [0.25, 0.3) is 0 Å². The summed E-state index contributed by atoms with van der Waals surface area (Å²) in [5, 5.41) is 6.59. The zero-order valence-corrected chi connectivity index (χ0v) is 19.6. The summed E-state index contributed by atoms with van der Waals surface area (Å²) in [6.45, 7) is 4.05. The molecule has 0 radical (unpaired) electrons. The van der Waals surface area contributed by atoms with Crippen LogP contribution in [-0.4, -0.2) is 46.5 Å². The topological polar surface area (TPSA) is 64.1 Å². The van der Waals surface area contributed by atoms with Gasteiger partial charge >= 0.3 is 0 Å². The molecule has 0 heterocycles. The molecule has 2 aromatic rings. The molecular weight excluding hydrogens is 481 g/mol. The molecule has 0 aliphatic heterocycles. The number of aliphatic imine (C=N–C) groups is 1. The van der Waals surface area contributed by atoms with E-state index in [0.29, 0.717) is 33.0 Å². The number of hydrogen-bond acceptors (Lipinski definition) is 4. The number of ether oxygens (including phenoxy) is 3. The molecule has 0 fully saturated rings. The molecule has 160 valence electrons.